The highest BCUT2D eigenvalue weighted by molar-refractivity contribution is 6.30. The van der Waals surface area contributed by atoms with E-state index in [2.05, 4.69) is 5.32 Å². The zero-order chi connectivity index (χ0) is 9.68. The van der Waals surface area contributed by atoms with E-state index in [1.54, 1.807) is 6.92 Å². The van der Waals surface area contributed by atoms with Crippen molar-refractivity contribution in [1.29, 1.82) is 0 Å². The molecule has 0 saturated heterocycles. The smallest absolute Gasteiger partial charge is 0.0636 e. The van der Waals surface area contributed by atoms with Gasteiger partial charge in [-0.25, -0.2) is 0 Å². The van der Waals surface area contributed by atoms with Crippen molar-refractivity contribution in [3.8, 4) is 0 Å². The summed E-state index contributed by atoms with van der Waals surface area (Å²) in [5.41, 5.74) is 1.13. The van der Waals surface area contributed by atoms with Gasteiger partial charge in [-0.2, -0.15) is 0 Å². The number of aliphatic hydroxyl groups is 1. The van der Waals surface area contributed by atoms with Crippen molar-refractivity contribution in [2.45, 2.75) is 19.6 Å². The van der Waals surface area contributed by atoms with Crippen molar-refractivity contribution >= 4 is 24.0 Å². The Kier molecular flexibility index (Phi) is 6.93. The summed E-state index contributed by atoms with van der Waals surface area (Å²) in [6.07, 6.45) is -0.306. The molecule has 0 spiro atoms. The monoisotopic (exact) mass is 235 g/mol. The average molecular weight is 236 g/mol. The normalized spacial score (nSPS) is 11.9. The lowest BCUT2D eigenvalue weighted by Gasteiger charge is -2.06. The molecule has 0 aliphatic rings. The van der Waals surface area contributed by atoms with Gasteiger partial charge in [0.1, 0.15) is 0 Å². The minimum atomic E-state index is -0.306. The molecule has 1 atom stereocenters. The van der Waals surface area contributed by atoms with Gasteiger partial charge in [-0.3, -0.25) is 0 Å². The molecule has 0 radical (unpaired) electrons. The molecular weight excluding hydrogens is 221 g/mol. The predicted octanol–water partition coefficient (Wildman–Crippen LogP) is 2.23. The van der Waals surface area contributed by atoms with Crippen LogP contribution in [0, 0.1) is 0 Å². The van der Waals surface area contributed by atoms with E-state index in [9.17, 15) is 0 Å². The molecule has 0 aromatic heterocycles. The molecule has 4 heteroatoms. The number of aliphatic hydroxyl groups excluding tert-OH is 1. The molecule has 0 aliphatic carbocycles. The van der Waals surface area contributed by atoms with Crippen LogP contribution in [0.15, 0.2) is 24.3 Å². The zero-order valence-corrected chi connectivity index (χ0v) is 9.61. The van der Waals surface area contributed by atoms with Crippen molar-refractivity contribution in [2.24, 2.45) is 0 Å². The third kappa shape index (κ3) is 5.45. The maximum absolute atomic E-state index is 9.00. The molecule has 2 nitrogen and oxygen atoms in total. The fourth-order valence-corrected chi connectivity index (χ4v) is 1.29. The van der Waals surface area contributed by atoms with Gasteiger partial charge in [0.15, 0.2) is 0 Å². The summed E-state index contributed by atoms with van der Waals surface area (Å²) in [7, 11) is 0. The van der Waals surface area contributed by atoms with Crippen LogP contribution in [0.1, 0.15) is 12.5 Å². The van der Waals surface area contributed by atoms with Crippen LogP contribution in [0.3, 0.4) is 0 Å². The van der Waals surface area contributed by atoms with Crippen LogP contribution >= 0.6 is 24.0 Å². The van der Waals surface area contributed by atoms with Crippen LogP contribution < -0.4 is 5.32 Å². The standard InChI is InChI=1S/C10H14ClNO.ClH/c1-8(13)6-12-7-9-3-2-4-10(11)5-9;/h2-5,8,12-13H,6-7H2,1H3;1H. The predicted molar refractivity (Wildman–Crippen MR) is 62.1 cm³/mol. The Morgan fingerprint density at radius 3 is 2.79 bits per heavy atom. The molecule has 14 heavy (non-hydrogen) atoms. The molecule has 1 rings (SSSR count). The second-order valence-corrected chi connectivity index (χ2v) is 3.55. The van der Waals surface area contributed by atoms with E-state index in [-0.39, 0.29) is 18.5 Å². The van der Waals surface area contributed by atoms with E-state index in [0.29, 0.717) is 6.54 Å². The molecule has 80 valence electrons. The summed E-state index contributed by atoms with van der Waals surface area (Å²) in [6.45, 7) is 3.10. The lowest BCUT2D eigenvalue weighted by molar-refractivity contribution is 0.191. The third-order valence-electron chi connectivity index (χ3n) is 1.66. The van der Waals surface area contributed by atoms with Gasteiger partial charge in [0, 0.05) is 18.1 Å². The maximum atomic E-state index is 9.00. The number of rotatable bonds is 4. The molecule has 2 N–H and O–H groups in total. The van der Waals surface area contributed by atoms with Crippen LogP contribution in [-0.4, -0.2) is 17.8 Å². The Morgan fingerprint density at radius 1 is 1.50 bits per heavy atom. The number of hydrogen-bond acceptors (Lipinski definition) is 2. The Bertz CT molecular complexity index is 266. The summed E-state index contributed by atoms with van der Waals surface area (Å²) >= 11 is 5.81. The van der Waals surface area contributed by atoms with Crippen LogP contribution in [0.4, 0.5) is 0 Å². The minimum Gasteiger partial charge on any atom is -0.392 e. The van der Waals surface area contributed by atoms with Crippen LogP contribution in [0.5, 0.6) is 0 Å². The summed E-state index contributed by atoms with van der Waals surface area (Å²) in [6, 6.07) is 7.68. The first-order chi connectivity index (χ1) is 6.18. The average Bonchev–Trinajstić information content (AvgIpc) is 2.03. The van der Waals surface area contributed by atoms with Crippen molar-refractivity contribution in [3.63, 3.8) is 0 Å². The van der Waals surface area contributed by atoms with Gasteiger partial charge in [0.2, 0.25) is 0 Å². The van der Waals surface area contributed by atoms with Gasteiger partial charge in [-0.15, -0.1) is 12.4 Å². The zero-order valence-electron chi connectivity index (χ0n) is 8.03. The maximum Gasteiger partial charge on any atom is 0.0636 e. The highest BCUT2D eigenvalue weighted by atomic mass is 35.5. The lowest BCUT2D eigenvalue weighted by Crippen LogP contribution is -2.23. The molecule has 1 aromatic carbocycles. The summed E-state index contributed by atoms with van der Waals surface area (Å²) in [4.78, 5) is 0. The van der Waals surface area contributed by atoms with Gasteiger partial charge in [0.05, 0.1) is 6.10 Å². The number of nitrogens with one attached hydrogen (secondary N) is 1. The highest BCUT2D eigenvalue weighted by Gasteiger charge is 1.96. The van der Waals surface area contributed by atoms with E-state index in [4.69, 9.17) is 16.7 Å². The Balaban J connectivity index is 0.00000169. The molecule has 0 heterocycles. The first kappa shape index (κ1) is 13.7. The van der Waals surface area contributed by atoms with Crippen LogP contribution in [0.25, 0.3) is 0 Å². The lowest BCUT2D eigenvalue weighted by atomic mass is 10.2. The first-order valence-corrected chi connectivity index (χ1v) is 4.69. The molecule has 0 saturated carbocycles. The van der Waals surface area contributed by atoms with Gasteiger partial charge >= 0.3 is 0 Å². The van der Waals surface area contributed by atoms with Crippen molar-refractivity contribution in [1.82, 2.24) is 5.32 Å². The summed E-state index contributed by atoms with van der Waals surface area (Å²) in [5.74, 6) is 0. The molecule has 0 bridgehead atoms. The fraction of sp³-hybridized carbons (Fsp3) is 0.400. The second-order valence-electron chi connectivity index (χ2n) is 3.11. The highest BCUT2D eigenvalue weighted by Crippen LogP contribution is 2.09. The van der Waals surface area contributed by atoms with Gasteiger partial charge in [0.25, 0.3) is 0 Å². The number of halogens is 2. The second kappa shape index (κ2) is 7.07. The topological polar surface area (TPSA) is 32.3 Å². The number of benzene rings is 1. The quantitative estimate of drug-likeness (QED) is 0.840. The summed E-state index contributed by atoms with van der Waals surface area (Å²) < 4.78 is 0. The van der Waals surface area contributed by atoms with Crippen molar-refractivity contribution in [3.05, 3.63) is 34.9 Å². The van der Waals surface area contributed by atoms with Gasteiger partial charge in [-0.1, -0.05) is 23.7 Å². The summed E-state index contributed by atoms with van der Waals surface area (Å²) in [5, 5.41) is 12.9. The SMILES string of the molecule is CC(O)CNCc1cccc(Cl)c1.Cl. The molecule has 0 amide bonds. The van der Waals surface area contributed by atoms with Crippen molar-refractivity contribution in [2.75, 3.05) is 6.54 Å². The van der Waals surface area contributed by atoms with Crippen LogP contribution in [-0.2, 0) is 6.54 Å². The Morgan fingerprint density at radius 2 is 2.21 bits per heavy atom. The van der Waals surface area contributed by atoms with Gasteiger partial charge in [-0.05, 0) is 24.6 Å². The molecule has 0 aliphatic heterocycles. The molecular formula is C10H15Cl2NO. The number of hydrogen-bond donors (Lipinski definition) is 2. The Labute approximate surface area is 95.7 Å². The van der Waals surface area contributed by atoms with Gasteiger partial charge < -0.3 is 10.4 Å². The van der Waals surface area contributed by atoms with Crippen LogP contribution in [0.2, 0.25) is 5.02 Å². The van der Waals surface area contributed by atoms with Crippen molar-refractivity contribution < 1.29 is 5.11 Å². The van der Waals surface area contributed by atoms with E-state index in [1.165, 1.54) is 0 Å². The molecule has 1 unspecified atom stereocenters. The molecule has 1 aromatic rings. The third-order valence-corrected chi connectivity index (χ3v) is 1.89. The minimum absolute atomic E-state index is 0. The fourth-order valence-electron chi connectivity index (χ4n) is 1.07. The first-order valence-electron chi connectivity index (χ1n) is 4.31. The molecule has 0 fully saturated rings. The van der Waals surface area contributed by atoms with E-state index in [1.807, 2.05) is 24.3 Å². The van der Waals surface area contributed by atoms with E-state index >= 15 is 0 Å². The Hall–Kier alpha value is -0.280. The largest absolute Gasteiger partial charge is 0.392 e. The van der Waals surface area contributed by atoms with E-state index < -0.39 is 0 Å². The van der Waals surface area contributed by atoms with E-state index in [0.717, 1.165) is 17.1 Å².